The maximum absolute atomic E-state index is 3.00. The Balaban J connectivity index is -0.000000355. The van der Waals surface area contributed by atoms with Gasteiger partial charge in [0.2, 0.25) is 0 Å². The second kappa shape index (κ2) is 14.7. The number of aryl methyl sites for hydroxylation is 1. The van der Waals surface area contributed by atoms with Gasteiger partial charge in [0.25, 0.3) is 0 Å². The molecule has 0 aliphatic heterocycles. The Labute approximate surface area is 108 Å². The standard InChI is InChI=1S/C12H16.C2H6.C2H4.CH4/c1-4-6-12-8-7-10(3)9-11(12)5-2;2*1-2;/h5-9H,4H2,1-3H3;1-2H3;1-2H2;1H4/b11-5-,12-6-;;;. The third-order valence-electron chi connectivity index (χ3n) is 1.98. The highest BCUT2D eigenvalue weighted by Gasteiger charge is 1.84. The topological polar surface area (TPSA) is 0 Å². The van der Waals surface area contributed by atoms with Crippen LogP contribution in [0.1, 0.15) is 47.1 Å². The third kappa shape index (κ3) is 8.50. The van der Waals surface area contributed by atoms with E-state index in [9.17, 15) is 0 Å². The molecule has 0 unspecified atom stereocenters. The molecule has 1 aromatic carbocycles. The van der Waals surface area contributed by atoms with Crippen molar-refractivity contribution in [1.82, 2.24) is 0 Å². The molecule has 17 heavy (non-hydrogen) atoms. The van der Waals surface area contributed by atoms with E-state index in [4.69, 9.17) is 0 Å². The molecule has 0 fully saturated rings. The molecule has 0 saturated carbocycles. The molecule has 0 atom stereocenters. The average molecular weight is 234 g/mol. The highest BCUT2D eigenvalue weighted by Crippen LogP contribution is 1.86. The van der Waals surface area contributed by atoms with Gasteiger partial charge in [0.05, 0.1) is 0 Å². The van der Waals surface area contributed by atoms with Crippen LogP contribution in [0.4, 0.5) is 0 Å². The zero-order chi connectivity index (χ0) is 13.0. The van der Waals surface area contributed by atoms with E-state index < -0.39 is 0 Å². The lowest BCUT2D eigenvalue weighted by molar-refractivity contribution is 1.27. The molecule has 0 N–H and O–H groups in total. The lowest BCUT2D eigenvalue weighted by Crippen LogP contribution is -2.23. The van der Waals surface area contributed by atoms with Gasteiger partial charge in [-0.15, -0.1) is 13.2 Å². The largest absolute Gasteiger partial charge is 0.106 e. The van der Waals surface area contributed by atoms with Crippen LogP contribution in [0, 0.1) is 6.92 Å². The van der Waals surface area contributed by atoms with E-state index in [1.165, 1.54) is 16.0 Å². The molecule has 0 radical (unpaired) electrons. The van der Waals surface area contributed by atoms with Gasteiger partial charge in [0.15, 0.2) is 0 Å². The maximum atomic E-state index is 3.00. The van der Waals surface area contributed by atoms with Gasteiger partial charge in [-0.3, -0.25) is 0 Å². The van der Waals surface area contributed by atoms with Crippen molar-refractivity contribution in [2.45, 2.75) is 48.5 Å². The Bertz CT molecular complexity index is 372. The van der Waals surface area contributed by atoms with E-state index in [1.54, 1.807) is 0 Å². The molecule has 0 nitrogen and oxygen atoms in total. The first-order valence-corrected chi connectivity index (χ1v) is 6.01. The first-order valence-electron chi connectivity index (χ1n) is 6.01. The molecule has 0 aromatic heterocycles. The quantitative estimate of drug-likeness (QED) is 0.630. The Morgan fingerprint density at radius 3 is 2.06 bits per heavy atom. The number of hydrogen-bond acceptors (Lipinski definition) is 0. The minimum atomic E-state index is 0. The van der Waals surface area contributed by atoms with Crippen molar-refractivity contribution >= 4 is 12.2 Å². The van der Waals surface area contributed by atoms with Crippen LogP contribution in [0.15, 0.2) is 31.4 Å². The van der Waals surface area contributed by atoms with Gasteiger partial charge in [-0.05, 0) is 30.7 Å². The summed E-state index contributed by atoms with van der Waals surface area (Å²) in [6.07, 6.45) is 5.52. The molecule has 98 valence electrons. The molecule has 0 aliphatic rings. The van der Waals surface area contributed by atoms with E-state index >= 15 is 0 Å². The summed E-state index contributed by atoms with van der Waals surface area (Å²) in [6, 6.07) is 6.57. The fourth-order valence-electron chi connectivity index (χ4n) is 1.35. The van der Waals surface area contributed by atoms with Gasteiger partial charge >= 0.3 is 0 Å². The first kappa shape index (κ1) is 21.0. The lowest BCUT2D eigenvalue weighted by atomic mass is 10.1. The van der Waals surface area contributed by atoms with Crippen molar-refractivity contribution in [2.24, 2.45) is 0 Å². The van der Waals surface area contributed by atoms with E-state index in [-0.39, 0.29) is 7.43 Å². The molecule has 0 amide bonds. The van der Waals surface area contributed by atoms with Crippen LogP contribution in [0.2, 0.25) is 0 Å². The monoisotopic (exact) mass is 234 g/mol. The molecular formula is C17H30. The van der Waals surface area contributed by atoms with Gasteiger partial charge in [-0.1, -0.05) is 64.1 Å². The average Bonchev–Trinajstić information content (AvgIpc) is 2.36. The minimum absolute atomic E-state index is 0. The summed E-state index contributed by atoms with van der Waals surface area (Å²) in [5, 5.41) is 2.70. The molecule has 0 spiro atoms. The van der Waals surface area contributed by atoms with Crippen molar-refractivity contribution in [3.63, 3.8) is 0 Å². The van der Waals surface area contributed by atoms with Crippen LogP contribution in [-0.4, -0.2) is 0 Å². The summed E-state index contributed by atoms with van der Waals surface area (Å²) in [6.45, 7) is 16.4. The van der Waals surface area contributed by atoms with E-state index in [0.29, 0.717) is 0 Å². The SMILES string of the molecule is C.C/C=c1/cc(C)cc/c1=C/CC.C=C.CC. The Morgan fingerprint density at radius 2 is 1.65 bits per heavy atom. The van der Waals surface area contributed by atoms with Crippen LogP contribution in [0.5, 0.6) is 0 Å². The molecular weight excluding hydrogens is 204 g/mol. The van der Waals surface area contributed by atoms with Crippen molar-refractivity contribution in [2.75, 3.05) is 0 Å². The van der Waals surface area contributed by atoms with Crippen LogP contribution in [0.25, 0.3) is 12.2 Å². The van der Waals surface area contributed by atoms with Gasteiger partial charge in [0.1, 0.15) is 0 Å². The summed E-state index contributed by atoms with van der Waals surface area (Å²) in [7, 11) is 0. The smallest absolute Gasteiger partial charge is 0.0227 e. The molecule has 0 aliphatic carbocycles. The molecule has 0 heteroatoms. The fourth-order valence-corrected chi connectivity index (χ4v) is 1.35. The number of rotatable bonds is 1. The Morgan fingerprint density at radius 1 is 1.12 bits per heavy atom. The molecule has 0 bridgehead atoms. The van der Waals surface area contributed by atoms with Gasteiger partial charge in [0, 0.05) is 0 Å². The molecule has 0 heterocycles. The van der Waals surface area contributed by atoms with Crippen LogP contribution in [-0.2, 0) is 0 Å². The van der Waals surface area contributed by atoms with Crippen molar-refractivity contribution in [1.29, 1.82) is 0 Å². The summed E-state index contributed by atoms with van der Waals surface area (Å²) in [5.74, 6) is 0. The van der Waals surface area contributed by atoms with Crippen molar-refractivity contribution < 1.29 is 0 Å². The lowest BCUT2D eigenvalue weighted by Gasteiger charge is -1.92. The van der Waals surface area contributed by atoms with E-state index in [0.717, 1.165) is 6.42 Å². The number of hydrogen-bond donors (Lipinski definition) is 0. The predicted molar refractivity (Wildman–Crippen MR) is 84.7 cm³/mol. The second-order valence-electron chi connectivity index (χ2n) is 3.03. The highest BCUT2D eigenvalue weighted by molar-refractivity contribution is 5.32. The summed E-state index contributed by atoms with van der Waals surface area (Å²) < 4.78 is 0. The van der Waals surface area contributed by atoms with Crippen molar-refractivity contribution in [3.05, 3.63) is 47.4 Å². The molecule has 1 rings (SSSR count). The second-order valence-corrected chi connectivity index (χ2v) is 3.03. The van der Waals surface area contributed by atoms with Crippen LogP contribution >= 0.6 is 0 Å². The van der Waals surface area contributed by atoms with Crippen molar-refractivity contribution in [3.8, 4) is 0 Å². The van der Waals surface area contributed by atoms with E-state index in [2.05, 4.69) is 64.3 Å². The van der Waals surface area contributed by atoms with Crippen LogP contribution in [0.3, 0.4) is 0 Å². The number of benzene rings is 1. The predicted octanol–water partition coefficient (Wildman–Crippen LogP) is 4.45. The molecule has 0 saturated heterocycles. The van der Waals surface area contributed by atoms with Gasteiger partial charge in [-0.25, -0.2) is 0 Å². The van der Waals surface area contributed by atoms with Gasteiger partial charge < -0.3 is 0 Å². The normalized spacial score (nSPS) is 10.4. The summed E-state index contributed by atoms with van der Waals surface area (Å²) in [4.78, 5) is 0. The maximum Gasteiger partial charge on any atom is -0.0227 e. The zero-order valence-corrected chi connectivity index (χ0v) is 11.5. The van der Waals surface area contributed by atoms with Gasteiger partial charge in [-0.2, -0.15) is 0 Å². The third-order valence-corrected chi connectivity index (χ3v) is 1.98. The fraction of sp³-hybridized carbons (Fsp3) is 0.412. The Kier molecular flexibility index (Phi) is 18.2. The highest BCUT2D eigenvalue weighted by atomic mass is 13.9. The molecule has 1 aromatic rings. The summed E-state index contributed by atoms with van der Waals surface area (Å²) >= 11 is 0. The first-order chi connectivity index (χ1) is 7.77. The minimum Gasteiger partial charge on any atom is -0.106 e. The summed E-state index contributed by atoms with van der Waals surface area (Å²) in [5.41, 5.74) is 1.33. The zero-order valence-electron chi connectivity index (χ0n) is 11.5. The Hall–Kier alpha value is -1.30. The van der Waals surface area contributed by atoms with Crippen LogP contribution < -0.4 is 10.4 Å². The van der Waals surface area contributed by atoms with E-state index in [1.807, 2.05) is 13.8 Å².